The molecule has 1 aromatic heterocycles. The Balaban J connectivity index is 0.000000134. The van der Waals surface area contributed by atoms with Gasteiger partial charge in [-0.05, 0) is 23.6 Å². The minimum absolute atomic E-state index is 0.178. The van der Waals surface area contributed by atoms with Crippen LogP contribution in [-0.4, -0.2) is 21.2 Å². The summed E-state index contributed by atoms with van der Waals surface area (Å²) < 4.78 is 0. The molecule has 0 fully saturated rings. The third kappa shape index (κ3) is 2.60. The van der Waals surface area contributed by atoms with Gasteiger partial charge in [0, 0.05) is 12.4 Å². The Morgan fingerprint density at radius 1 is 1.24 bits per heavy atom. The van der Waals surface area contributed by atoms with Crippen molar-refractivity contribution in [1.82, 2.24) is 4.98 Å². The first kappa shape index (κ1) is 11.1. The van der Waals surface area contributed by atoms with Gasteiger partial charge >= 0.3 is 5.97 Å². The fourth-order valence-electron chi connectivity index (χ4n) is 1.51. The number of pyridine rings is 1. The Labute approximate surface area is 98.2 Å². The van der Waals surface area contributed by atoms with Crippen LogP contribution >= 0.6 is 0 Å². The number of aromatic carboxylic acids is 1. The molecule has 0 saturated carbocycles. The van der Waals surface area contributed by atoms with E-state index in [9.17, 15) is 4.79 Å². The van der Waals surface area contributed by atoms with Gasteiger partial charge in [0.05, 0.1) is 0 Å². The van der Waals surface area contributed by atoms with Crippen molar-refractivity contribution in [3.8, 4) is 5.75 Å². The van der Waals surface area contributed by atoms with Gasteiger partial charge in [-0.25, -0.2) is 4.79 Å². The summed E-state index contributed by atoms with van der Waals surface area (Å²) in [5.41, 5.74) is 2.79. The molecular formula is C13H11NO3. The van der Waals surface area contributed by atoms with E-state index in [1.54, 1.807) is 0 Å². The number of fused-ring (bicyclic) bond motifs is 2. The first-order valence-corrected chi connectivity index (χ1v) is 5.11. The normalized spacial score (nSPS) is 10.8. The zero-order chi connectivity index (χ0) is 12.3. The smallest absolute Gasteiger partial charge is 0.341 e. The second-order valence-electron chi connectivity index (χ2n) is 3.69. The minimum atomic E-state index is -1.18. The number of hydrogen-bond acceptors (Lipinski definition) is 3. The third-order valence-corrected chi connectivity index (χ3v) is 2.43. The number of rotatable bonds is 1. The maximum absolute atomic E-state index is 10.2. The summed E-state index contributed by atoms with van der Waals surface area (Å²) in [6.45, 7) is 0. The Hall–Kier alpha value is -2.36. The highest BCUT2D eigenvalue weighted by molar-refractivity contribution is 5.90. The molecule has 0 unspecified atom stereocenters. The monoisotopic (exact) mass is 229 g/mol. The number of nitrogens with zero attached hydrogens (tertiary/aromatic N) is 1. The number of carbonyl (C=O) groups is 1. The Bertz CT molecular complexity index is 527. The van der Waals surface area contributed by atoms with Crippen molar-refractivity contribution in [3.05, 3.63) is 59.4 Å². The summed E-state index contributed by atoms with van der Waals surface area (Å²) in [5, 5.41) is 17.2. The molecule has 2 bridgehead atoms. The largest absolute Gasteiger partial charge is 0.507 e. The highest BCUT2D eigenvalue weighted by Crippen LogP contribution is 2.18. The summed E-state index contributed by atoms with van der Waals surface area (Å²) in [6.07, 6.45) is 3.63. The molecule has 0 spiro atoms. The van der Waals surface area contributed by atoms with Crippen LogP contribution in [0, 0.1) is 0 Å². The summed E-state index contributed by atoms with van der Waals surface area (Å²) in [5.74, 6) is -1.44. The summed E-state index contributed by atoms with van der Waals surface area (Å²) >= 11 is 0. The molecule has 0 aliphatic heterocycles. The molecule has 2 aliphatic rings. The van der Waals surface area contributed by atoms with Crippen molar-refractivity contribution in [2.24, 2.45) is 0 Å². The zero-order valence-corrected chi connectivity index (χ0v) is 9.00. The SMILES string of the molecule is O=C(O)c1cnccc1O.c1cc2cc(c1)C2. The van der Waals surface area contributed by atoms with E-state index in [-0.39, 0.29) is 11.3 Å². The summed E-state index contributed by atoms with van der Waals surface area (Å²) in [6, 6.07) is 9.87. The van der Waals surface area contributed by atoms with Gasteiger partial charge < -0.3 is 10.2 Å². The summed E-state index contributed by atoms with van der Waals surface area (Å²) in [7, 11) is 0. The molecular weight excluding hydrogens is 218 g/mol. The lowest BCUT2D eigenvalue weighted by molar-refractivity contribution is 0.0693. The van der Waals surface area contributed by atoms with E-state index in [2.05, 4.69) is 29.2 Å². The predicted octanol–water partition coefficient (Wildman–Crippen LogP) is 2.08. The van der Waals surface area contributed by atoms with Crippen LogP contribution in [0.1, 0.15) is 21.5 Å². The van der Waals surface area contributed by atoms with Crippen LogP contribution in [0.4, 0.5) is 0 Å². The molecule has 4 rings (SSSR count). The predicted molar refractivity (Wildman–Crippen MR) is 62.1 cm³/mol. The van der Waals surface area contributed by atoms with Crippen molar-refractivity contribution >= 4 is 5.97 Å². The number of carboxylic acid groups (broad SMARTS) is 1. The van der Waals surface area contributed by atoms with Gasteiger partial charge in [0.2, 0.25) is 0 Å². The molecule has 2 aliphatic carbocycles. The molecule has 86 valence electrons. The molecule has 4 nitrogen and oxygen atoms in total. The molecule has 0 saturated heterocycles. The fraction of sp³-hybridized carbons (Fsp3) is 0.0769. The third-order valence-electron chi connectivity index (χ3n) is 2.43. The Morgan fingerprint density at radius 3 is 2.18 bits per heavy atom. The quantitative estimate of drug-likeness (QED) is 0.670. The lowest BCUT2D eigenvalue weighted by atomic mass is 9.94. The van der Waals surface area contributed by atoms with Crippen LogP contribution in [-0.2, 0) is 6.42 Å². The maximum Gasteiger partial charge on any atom is 0.341 e. The van der Waals surface area contributed by atoms with Crippen molar-refractivity contribution < 1.29 is 15.0 Å². The van der Waals surface area contributed by atoms with Crippen molar-refractivity contribution in [1.29, 1.82) is 0 Å². The van der Waals surface area contributed by atoms with E-state index in [1.807, 2.05) is 0 Å². The van der Waals surface area contributed by atoms with E-state index in [1.165, 1.54) is 29.8 Å². The highest BCUT2D eigenvalue weighted by atomic mass is 16.4. The van der Waals surface area contributed by atoms with E-state index >= 15 is 0 Å². The number of hydrogen-bond donors (Lipinski definition) is 2. The van der Waals surface area contributed by atoms with Crippen molar-refractivity contribution in [2.75, 3.05) is 0 Å². The Morgan fingerprint density at radius 2 is 1.88 bits per heavy atom. The highest BCUT2D eigenvalue weighted by Gasteiger charge is 2.06. The van der Waals surface area contributed by atoms with Gasteiger partial charge in [-0.1, -0.05) is 24.3 Å². The van der Waals surface area contributed by atoms with Crippen LogP contribution in [0.25, 0.3) is 0 Å². The molecule has 4 heteroatoms. The van der Waals surface area contributed by atoms with E-state index < -0.39 is 5.97 Å². The van der Waals surface area contributed by atoms with Gasteiger partial charge in [0.15, 0.2) is 0 Å². The molecule has 0 amide bonds. The van der Waals surface area contributed by atoms with Gasteiger partial charge in [-0.2, -0.15) is 0 Å². The second kappa shape index (κ2) is 4.65. The maximum atomic E-state index is 10.2. The molecule has 0 atom stereocenters. The van der Waals surface area contributed by atoms with Gasteiger partial charge in [-0.3, -0.25) is 4.98 Å². The first-order valence-electron chi connectivity index (χ1n) is 5.11. The van der Waals surface area contributed by atoms with Crippen LogP contribution in [0.2, 0.25) is 0 Å². The molecule has 1 aromatic carbocycles. The molecule has 2 N–H and O–H groups in total. The Kier molecular flexibility index (Phi) is 3.05. The summed E-state index contributed by atoms with van der Waals surface area (Å²) in [4.78, 5) is 13.7. The second-order valence-corrected chi connectivity index (χ2v) is 3.69. The van der Waals surface area contributed by atoms with Crippen LogP contribution in [0.3, 0.4) is 0 Å². The van der Waals surface area contributed by atoms with E-state index in [0.29, 0.717) is 0 Å². The minimum Gasteiger partial charge on any atom is -0.507 e. The van der Waals surface area contributed by atoms with Gasteiger partial charge in [0.25, 0.3) is 0 Å². The average molecular weight is 229 g/mol. The van der Waals surface area contributed by atoms with Crippen molar-refractivity contribution in [3.63, 3.8) is 0 Å². The van der Waals surface area contributed by atoms with E-state index in [0.717, 1.165) is 6.20 Å². The fourth-order valence-corrected chi connectivity index (χ4v) is 1.51. The van der Waals surface area contributed by atoms with Crippen molar-refractivity contribution in [2.45, 2.75) is 6.42 Å². The van der Waals surface area contributed by atoms with Gasteiger partial charge in [-0.15, -0.1) is 0 Å². The number of aromatic nitrogens is 1. The number of carboxylic acids is 1. The molecule has 0 radical (unpaired) electrons. The standard InChI is InChI=1S/C7H6.C6H5NO3/c1-2-6-4-7(3-1)5-6;8-5-1-2-7-3-4(5)6(9)10/h1-4H,5H2;1-3H,(H,7,8)(H,9,10). The van der Waals surface area contributed by atoms with Gasteiger partial charge in [0.1, 0.15) is 11.3 Å². The molecule has 17 heavy (non-hydrogen) atoms. The first-order chi connectivity index (χ1) is 8.16. The van der Waals surface area contributed by atoms with Crippen LogP contribution in [0.5, 0.6) is 5.75 Å². The average Bonchev–Trinajstić information content (AvgIpc) is 2.30. The number of benzene rings is 1. The number of aromatic hydroxyl groups is 1. The van der Waals surface area contributed by atoms with Crippen LogP contribution < -0.4 is 0 Å². The van der Waals surface area contributed by atoms with E-state index in [4.69, 9.17) is 10.2 Å². The molecule has 2 aromatic rings. The van der Waals surface area contributed by atoms with Crippen LogP contribution in [0.15, 0.2) is 42.7 Å². The zero-order valence-electron chi connectivity index (χ0n) is 9.00. The lowest BCUT2D eigenvalue weighted by Gasteiger charge is -2.11. The lowest BCUT2D eigenvalue weighted by Crippen LogP contribution is -1.97. The molecule has 1 heterocycles. The topological polar surface area (TPSA) is 70.4 Å².